The molecule has 9 aromatic rings. The van der Waals surface area contributed by atoms with Crippen molar-refractivity contribution in [2.45, 2.75) is 13.3 Å². The van der Waals surface area contributed by atoms with Gasteiger partial charge in [-0.2, -0.15) is 0 Å². The maximum atomic E-state index is 4.92. The normalized spacial score (nSPS) is 11.4. The predicted molar refractivity (Wildman–Crippen MR) is 207 cm³/mol. The number of fused-ring (bicyclic) bond motifs is 3. The Morgan fingerprint density at radius 1 is 0.408 bits per heavy atom. The van der Waals surface area contributed by atoms with Gasteiger partial charge in [-0.15, -0.1) is 0 Å². The summed E-state index contributed by atoms with van der Waals surface area (Å²) >= 11 is 0. The molecule has 1 aromatic heterocycles. The smallest absolute Gasteiger partial charge is 0.114 e. The summed E-state index contributed by atoms with van der Waals surface area (Å²) in [6.45, 7) is 2.17. The van der Waals surface area contributed by atoms with Crippen molar-refractivity contribution in [1.82, 2.24) is 9.55 Å². The van der Waals surface area contributed by atoms with Crippen LogP contribution in [0.1, 0.15) is 12.7 Å². The van der Waals surface area contributed by atoms with Crippen LogP contribution in [0, 0.1) is 0 Å². The van der Waals surface area contributed by atoms with E-state index in [0.717, 1.165) is 29.0 Å². The van der Waals surface area contributed by atoms with Gasteiger partial charge in [0.1, 0.15) is 5.82 Å². The minimum atomic E-state index is 0.865. The van der Waals surface area contributed by atoms with Crippen molar-refractivity contribution in [1.29, 1.82) is 0 Å². The molecular weight excluding hydrogens is 593 g/mol. The van der Waals surface area contributed by atoms with Crippen LogP contribution in [0.25, 0.3) is 82.8 Å². The van der Waals surface area contributed by atoms with E-state index in [0.29, 0.717) is 0 Å². The van der Waals surface area contributed by atoms with E-state index >= 15 is 0 Å². The van der Waals surface area contributed by atoms with Crippen LogP contribution < -0.4 is 0 Å². The SMILES string of the molecule is CCc1nc2ccccc2n1-c1ccc(-c2c3ccccc3c(-c3ccccc3)c3cc(-c4ccc(-c5ccccc5)cc4)ccc23)cc1. The van der Waals surface area contributed by atoms with Gasteiger partial charge >= 0.3 is 0 Å². The molecule has 0 aliphatic heterocycles. The third-order valence-corrected chi connectivity index (χ3v) is 9.77. The number of benzene rings is 8. The lowest BCUT2D eigenvalue weighted by atomic mass is 9.85. The fraction of sp³-hybridized carbons (Fsp3) is 0.0426. The molecular formula is C47H34N2. The topological polar surface area (TPSA) is 17.8 Å². The molecule has 0 aliphatic rings. The third-order valence-electron chi connectivity index (χ3n) is 9.77. The summed E-state index contributed by atoms with van der Waals surface area (Å²) in [5.41, 5.74) is 13.1. The van der Waals surface area contributed by atoms with Gasteiger partial charge in [0.15, 0.2) is 0 Å². The fourth-order valence-electron chi connectivity index (χ4n) is 7.45. The Labute approximate surface area is 286 Å². The average Bonchev–Trinajstić information content (AvgIpc) is 3.56. The molecule has 0 amide bonds. The fourth-order valence-corrected chi connectivity index (χ4v) is 7.45. The van der Waals surface area contributed by atoms with Crippen LogP contribution in [0.3, 0.4) is 0 Å². The van der Waals surface area contributed by atoms with E-state index in [2.05, 4.69) is 187 Å². The maximum absolute atomic E-state index is 4.92. The first-order chi connectivity index (χ1) is 24.3. The molecule has 1 heterocycles. The minimum Gasteiger partial charge on any atom is -0.296 e. The van der Waals surface area contributed by atoms with Crippen LogP contribution in [-0.4, -0.2) is 9.55 Å². The number of hydrogen-bond donors (Lipinski definition) is 0. The molecule has 0 saturated carbocycles. The molecule has 49 heavy (non-hydrogen) atoms. The molecule has 9 rings (SSSR count). The van der Waals surface area contributed by atoms with E-state index in [9.17, 15) is 0 Å². The first-order valence-corrected chi connectivity index (χ1v) is 17.0. The molecule has 0 spiro atoms. The van der Waals surface area contributed by atoms with Crippen molar-refractivity contribution in [3.63, 3.8) is 0 Å². The van der Waals surface area contributed by atoms with Crippen molar-refractivity contribution < 1.29 is 0 Å². The monoisotopic (exact) mass is 626 g/mol. The summed E-state index contributed by atoms with van der Waals surface area (Å²) in [6.07, 6.45) is 0.865. The van der Waals surface area contributed by atoms with Gasteiger partial charge in [0, 0.05) is 12.1 Å². The zero-order valence-electron chi connectivity index (χ0n) is 27.3. The van der Waals surface area contributed by atoms with E-state index in [1.807, 2.05) is 0 Å². The lowest BCUT2D eigenvalue weighted by Crippen LogP contribution is -2.00. The first-order valence-electron chi connectivity index (χ1n) is 17.0. The van der Waals surface area contributed by atoms with Crippen LogP contribution >= 0.6 is 0 Å². The second-order valence-electron chi connectivity index (χ2n) is 12.6. The highest BCUT2D eigenvalue weighted by molar-refractivity contribution is 6.22. The number of nitrogens with zero attached hydrogens (tertiary/aromatic N) is 2. The van der Waals surface area contributed by atoms with E-state index in [4.69, 9.17) is 4.98 Å². The van der Waals surface area contributed by atoms with E-state index in [1.165, 1.54) is 66.1 Å². The Morgan fingerprint density at radius 3 is 1.55 bits per heavy atom. The minimum absolute atomic E-state index is 0.865. The van der Waals surface area contributed by atoms with Gasteiger partial charge in [0.05, 0.1) is 11.0 Å². The van der Waals surface area contributed by atoms with Crippen LogP contribution in [-0.2, 0) is 6.42 Å². The molecule has 8 aromatic carbocycles. The van der Waals surface area contributed by atoms with Gasteiger partial charge < -0.3 is 0 Å². The zero-order chi connectivity index (χ0) is 32.7. The number of para-hydroxylation sites is 2. The van der Waals surface area contributed by atoms with Crippen molar-refractivity contribution in [3.05, 3.63) is 182 Å². The van der Waals surface area contributed by atoms with Crippen LogP contribution in [0.15, 0.2) is 176 Å². The van der Waals surface area contributed by atoms with Crippen molar-refractivity contribution in [2.75, 3.05) is 0 Å². The summed E-state index contributed by atoms with van der Waals surface area (Å²) in [5, 5.41) is 5.01. The van der Waals surface area contributed by atoms with Gasteiger partial charge in [-0.25, -0.2) is 4.98 Å². The molecule has 2 nitrogen and oxygen atoms in total. The van der Waals surface area contributed by atoms with Gasteiger partial charge in [-0.1, -0.05) is 153 Å². The summed E-state index contributed by atoms with van der Waals surface area (Å²) in [6, 6.07) is 63.7. The molecule has 0 saturated heterocycles. The van der Waals surface area contributed by atoms with Crippen molar-refractivity contribution in [3.8, 4) is 50.2 Å². The second kappa shape index (κ2) is 12.1. The standard InChI is InChI=1S/C47H34N2/c1-2-45-48-43-19-11-12-20-44(43)49(45)38-28-25-36(26-29-38)46-39-17-9-10-18-40(39)47(35-15-7-4-8-16-35)42-31-37(27-30-41(42)46)34-23-21-33(22-24-34)32-13-5-3-6-14-32/h3-31H,2H2,1H3. The second-order valence-corrected chi connectivity index (χ2v) is 12.6. The van der Waals surface area contributed by atoms with Gasteiger partial charge in [0.2, 0.25) is 0 Å². The number of imidazole rings is 1. The van der Waals surface area contributed by atoms with Crippen molar-refractivity contribution in [2.24, 2.45) is 0 Å². The van der Waals surface area contributed by atoms with Gasteiger partial charge in [-0.3, -0.25) is 4.57 Å². The Kier molecular flexibility index (Phi) is 7.13. The highest BCUT2D eigenvalue weighted by Gasteiger charge is 2.18. The third kappa shape index (κ3) is 5.01. The summed E-state index contributed by atoms with van der Waals surface area (Å²) in [4.78, 5) is 4.92. The van der Waals surface area contributed by atoms with E-state index in [-0.39, 0.29) is 0 Å². The maximum Gasteiger partial charge on any atom is 0.114 e. The summed E-state index contributed by atoms with van der Waals surface area (Å²) in [5.74, 6) is 1.07. The Bertz CT molecular complexity index is 2600. The Hall–Kier alpha value is -6.25. The first kappa shape index (κ1) is 28.9. The Balaban J connectivity index is 1.24. The van der Waals surface area contributed by atoms with Crippen LogP contribution in [0.4, 0.5) is 0 Å². The molecule has 0 radical (unpaired) electrons. The molecule has 0 unspecified atom stereocenters. The molecule has 232 valence electrons. The number of aryl methyl sites for hydroxylation is 1. The molecule has 0 fully saturated rings. The molecule has 2 heteroatoms. The highest BCUT2D eigenvalue weighted by atomic mass is 15.1. The lowest BCUT2D eigenvalue weighted by Gasteiger charge is -2.19. The molecule has 0 aliphatic carbocycles. The number of hydrogen-bond acceptors (Lipinski definition) is 1. The Morgan fingerprint density at radius 2 is 0.878 bits per heavy atom. The van der Waals surface area contributed by atoms with E-state index in [1.54, 1.807) is 0 Å². The largest absolute Gasteiger partial charge is 0.296 e. The number of aromatic nitrogens is 2. The van der Waals surface area contributed by atoms with Gasteiger partial charge in [0.25, 0.3) is 0 Å². The summed E-state index contributed by atoms with van der Waals surface area (Å²) in [7, 11) is 0. The molecule has 0 atom stereocenters. The molecule has 0 bridgehead atoms. The quantitative estimate of drug-likeness (QED) is 0.168. The average molecular weight is 627 g/mol. The van der Waals surface area contributed by atoms with E-state index < -0.39 is 0 Å². The van der Waals surface area contributed by atoms with Gasteiger partial charge in [-0.05, 0) is 96.4 Å². The molecule has 0 N–H and O–H groups in total. The van der Waals surface area contributed by atoms with Crippen LogP contribution in [0.5, 0.6) is 0 Å². The zero-order valence-corrected chi connectivity index (χ0v) is 27.3. The lowest BCUT2D eigenvalue weighted by molar-refractivity contribution is 0.908. The number of rotatable bonds is 6. The predicted octanol–water partition coefficient (Wildman–Crippen LogP) is 12.6. The summed E-state index contributed by atoms with van der Waals surface area (Å²) < 4.78 is 2.29. The van der Waals surface area contributed by atoms with Crippen molar-refractivity contribution >= 4 is 32.6 Å². The van der Waals surface area contributed by atoms with Crippen LogP contribution in [0.2, 0.25) is 0 Å². The highest BCUT2D eigenvalue weighted by Crippen LogP contribution is 2.45.